The molecule has 0 saturated heterocycles. The van der Waals surface area contributed by atoms with Crippen LogP contribution in [0.15, 0.2) is 48.9 Å². The monoisotopic (exact) mass is 427 g/mol. The molecular formula is C22H29N5O2S. The Morgan fingerprint density at radius 3 is 2.63 bits per heavy atom. The minimum Gasteiger partial charge on any atom is -0.356 e. The molecule has 1 fully saturated rings. The molecule has 0 atom stereocenters. The quantitative estimate of drug-likeness (QED) is 0.576. The van der Waals surface area contributed by atoms with Gasteiger partial charge in [0, 0.05) is 25.8 Å². The average Bonchev–Trinajstić information content (AvgIpc) is 3.23. The van der Waals surface area contributed by atoms with E-state index in [0.717, 1.165) is 48.1 Å². The van der Waals surface area contributed by atoms with Gasteiger partial charge in [-0.15, -0.1) is 0 Å². The lowest BCUT2D eigenvalue weighted by molar-refractivity contribution is 0.340. The summed E-state index contributed by atoms with van der Waals surface area (Å²) in [6.07, 6.45) is 7.94. The van der Waals surface area contributed by atoms with E-state index in [0.29, 0.717) is 19.0 Å². The molecule has 1 aromatic carbocycles. The van der Waals surface area contributed by atoms with Gasteiger partial charge in [-0.1, -0.05) is 30.3 Å². The second-order valence-corrected chi connectivity index (χ2v) is 9.99. The van der Waals surface area contributed by atoms with E-state index in [-0.39, 0.29) is 11.7 Å². The molecule has 0 spiro atoms. The van der Waals surface area contributed by atoms with Crippen LogP contribution < -0.4 is 9.62 Å². The van der Waals surface area contributed by atoms with Gasteiger partial charge in [-0.05, 0) is 49.7 Å². The summed E-state index contributed by atoms with van der Waals surface area (Å²) in [4.78, 5) is 14.1. The fourth-order valence-corrected chi connectivity index (χ4v) is 5.86. The Labute approximate surface area is 178 Å². The van der Waals surface area contributed by atoms with Crippen LogP contribution in [-0.4, -0.2) is 48.8 Å². The molecule has 2 heterocycles. The van der Waals surface area contributed by atoms with Crippen LogP contribution in [0, 0.1) is 5.92 Å². The molecule has 0 amide bonds. The Hall–Kier alpha value is -2.45. The molecule has 0 unspecified atom stereocenters. The number of sulfonamides is 1. The lowest BCUT2D eigenvalue weighted by Gasteiger charge is -2.35. The molecule has 30 heavy (non-hydrogen) atoms. The number of anilines is 1. The number of fused-ring (bicyclic) bond motifs is 1. The lowest BCUT2D eigenvalue weighted by Crippen LogP contribution is -2.38. The number of nitrogens with one attached hydrogen (secondary N) is 2. The zero-order chi connectivity index (χ0) is 21.0. The van der Waals surface area contributed by atoms with Gasteiger partial charge in [-0.2, -0.15) is 0 Å². The van der Waals surface area contributed by atoms with Crippen LogP contribution in [0.5, 0.6) is 0 Å². The first-order valence-electron chi connectivity index (χ1n) is 10.5. The molecule has 7 nitrogen and oxygen atoms in total. The zero-order valence-corrected chi connectivity index (χ0v) is 18.1. The van der Waals surface area contributed by atoms with Crippen LogP contribution in [0.2, 0.25) is 0 Å². The number of nitrogens with zero attached hydrogens (tertiary/aromatic N) is 3. The predicted octanol–water partition coefficient (Wildman–Crippen LogP) is 3.12. The third-order valence-electron chi connectivity index (χ3n) is 6.06. The second kappa shape index (κ2) is 9.14. The van der Waals surface area contributed by atoms with Crippen LogP contribution >= 0.6 is 0 Å². The van der Waals surface area contributed by atoms with Crippen molar-refractivity contribution in [3.63, 3.8) is 0 Å². The van der Waals surface area contributed by atoms with Gasteiger partial charge in [-0.3, -0.25) is 0 Å². The number of hydrogen-bond acceptors (Lipinski definition) is 5. The van der Waals surface area contributed by atoms with Crippen LogP contribution in [0.3, 0.4) is 0 Å². The summed E-state index contributed by atoms with van der Waals surface area (Å²) in [5.74, 6) is 1.36. The molecule has 0 aliphatic heterocycles. The van der Waals surface area contributed by atoms with Crippen molar-refractivity contribution >= 4 is 26.9 Å². The Morgan fingerprint density at radius 2 is 1.87 bits per heavy atom. The first-order valence-corrected chi connectivity index (χ1v) is 12.2. The average molecular weight is 428 g/mol. The van der Waals surface area contributed by atoms with Crippen molar-refractivity contribution in [1.82, 2.24) is 19.7 Å². The largest absolute Gasteiger partial charge is 0.356 e. The zero-order valence-electron chi connectivity index (χ0n) is 17.3. The van der Waals surface area contributed by atoms with E-state index in [9.17, 15) is 8.42 Å². The van der Waals surface area contributed by atoms with Gasteiger partial charge >= 0.3 is 0 Å². The highest BCUT2D eigenvalue weighted by Crippen LogP contribution is 2.31. The van der Waals surface area contributed by atoms with Crippen LogP contribution in [0.1, 0.15) is 31.2 Å². The summed E-state index contributed by atoms with van der Waals surface area (Å²) < 4.78 is 27.8. The van der Waals surface area contributed by atoms with E-state index in [1.807, 2.05) is 42.6 Å². The first-order chi connectivity index (χ1) is 14.5. The minimum atomic E-state index is -3.25. The third-order valence-corrected chi connectivity index (χ3v) is 7.62. The molecule has 1 aliphatic rings. The highest BCUT2D eigenvalue weighted by atomic mass is 32.2. The number of aromatic nitrogens is 3. The summed E-state index contributed by atoms with van der Waals surface area (Å²) in [5, 5.41) is 1.02. The van der Waals surface area contributed by atoms with Gasteiger partial charge in [-0.25, -0.2) is 23.1 Å². The van der Waals surface area contributed by atoms with Gasteiger partial charge in [0.05, 0.1) is 11.1 Å². The van der Waals surface area contributed by atoms with E-state index in [2.05, 4.69) is 31.6 Å². The van der Waals surface area contributed by atoms with Gasteiger partial charge in [0.25, 0.3) is 0 Å². The highest BCUT2D eigenvalue weighted by Gasteiger charge is 2.28. The Morgan fingerprint density at radius 1 is 1.10 bits per heavy atom. The summed E-state index contributed by atoms with van der Waals surface area (Å²) in [5.41, 5.74) is 1.98. The molecule has 160 valence electrons. The summed E-state index contributed by atoms with van der Waals surface area (Å²) in [7, 11) is -1.18. The van der Waals surface area contributed by atoms with E-state index in [4.69, 9.17) is 0 Å². The van der Waals surface area contributed by atoms with Gasteiger partial charge < -0.3 is 9.88 Å². The number of aromatic amines is 1. The topological polar surface area (TPSA) is 91.0 Å². The molecule has 0 radical (unpaired) electrons. The van der Waals surface area contributed by atoms with Crippen LogP contribution in [0.4, 0.5) is 5.82 Å². The predicted molar refractivity (Wildman–Crippen MR) is 120 cm³/mol. The summed E-state index contributed by atoms with van der Waals surface area (Å²) in [6.45, 7) is 0.449. The fourth-order valence-electron chi connectivity index (χ4n) is 4.38. The number of rotatable bonds is 8. The molecule has 8 heteroatoms. The van der Waals surface area contributed by atoms with Gasteiger partial charge in [0.1, 0.15) is 17.8 Å². The third kappa shape index (κ3) is 4.99. The molecule has 3 aromatic rings. The molecule has 2 N–H and O–H groups in total. The van der Waals surface area contributed by atoms with Gasteiger partial charge in [0.15, 0.2) is 0 Å². The van der Waals surface area contributed by atoms with Crippen molar-refractivity contribution in [3.8, 4) is 0 Å². The maximum atomic E-state index is 12.5. The Kier molecular flexibility index (Phi) is 6.34. The summed E-state index contributed by atoms with van der Waals surface area (Å²) in [6, 6.07) is 12.3. The molecule has 1 saturated carbocycles. The number of benzene rings is 1. The number of H-pyrrole nitrogens is 1. The van der Waals surface area contributed by atoms with Crippen molar-refractivity contribution in [1.29, 1.82) is 0 Å². The minimum absolute atomic E-state index is 0.210. The van der Waals surface area contributed by atoms with Crippen molar-refractivity contribution < 1.29 is 8.42 Å². The van der Waals surface area contributed by atoms with E-state index < -0.39 is 10.0 Å². The van der Waals surface area contributed by atoms with E-state index in [1.54, 1.807) is 6.33 Å². The molecular weight excluding hydrogens is 398 g/mol. The lowest BCUT2D eigenvalue weighted by atomic mass is 9.86. The number of hydrogen-bond donors (Lipinski definition) is 2. The molecule has 4 rings (SSSR count). The second-order valence-electron chi connectivity index (χ2n) is 8.13. The van der Waals surface area contributed by atoms with Gasteiger partial charge in [0.2, 0.25) is 10.0 Å². The van der Waals surface area contributed by atoms with Crippen molar-refractivity contribution in [2.24, 2.45) is 5.92 Å². The first kappa shape index (κ1) is 20.8. The summed E-state index contributed by atoms with van der Waals surface area (Å²) >= 11 is 0. The standard InChI is InChI=1S/C22H29N5O2S/c1-27(22-20-12-13-23-21(20)24-16-25-22)19-9-7-18(8-10-19)15-30(28,29)26-14-11-17-5-3-2-4-6-17/h2-6,12-13,16,18-19,26H,7-11,14-15H2,1H3,(H,23,24,25)/t18-,19+. The van der Waals surface area contributed by atoms with E-state index >= 15 is 0 Å². The molecule has 2 aromatic heterocycles. The SMILES string of the molecule is CN(c1ncnc2[nH]ccc12)[C@H]1CC[C@@H](CS(=O)(=O)NCCc2ccccc2)CC1. The fraction of sp³-hybridized carbons (Fsp3) is 0.455. The molecule has 1 aliphatic carbocycles. The highest BCUT2D eigenvalue weighted by molar-refractivity contribution is 7.89. The smallest absolute Gasteiger partial charge is 0.211 e. The Bertz CT molecular complexity index is 1060. The molecule has 0 bridgehead atoms. The maximum absolute atomic E-state index is 12.5. The Balaban J connectivity index is 1.27. The van der Waals surface area contributed by atoms with Crippen LogP contribution in [0.25, 0.3) is 11.0 Å². The van der Waals surface area contributed by atoms with Crippen molar-refractivity contribution in [2.75, 3.05) is 24.2 Å². The van der Waals surface area contributed by atoms with Crippen molar-refractivity contribution in [3.05, 3.63) is 54.5 Å². The van der Waals surface area contributed by atoms with Crippen LogP contribution in [-0.2, 0) is 16.4 Å². The maximum Gasteiger partial charge on any atom is 0.211 e. The van der Waals surface area contributed by atoms with Crippen molar-refractivity contribution in [2.45, 2.75) is 38.1 Å². The van der Waals surface area contributed by atoms with E-state index in [1.165, 1.54) is 0 Å². The normalized spacial score (nSPS) is 19.8.